The Morgan fingerprint density at radius 1 is 1.22 bits per heavy atom. The van der Waals surface area contributed by atoms with E-state index in [1.54, 1.807) is 19.2 Å². The molecule has 3 rings (SSSR count). The van der Waals surface area contributed by atoms with E-state index in [4.69, 9.17) is 16.1 Å². The molecule has 144 valence electrons. The lowest BCUT2D eigenvalue weighted by Crippen LogP contribution is -2.37. The van der Waals surface area contributed by atoms with Crippen LogP contribution in [0.3, 0.4) is 0 Å². The van der Waals surface area contributed by atoms with Crippen LogP contribution in [0.2, 0.25) is 5.02 Å². The van der Waals surface area contributed by atoms with Crippen molar-refractivity contribution in [3.8, 4) is 11.4 Å². The Bertz CT molecular complexity index is 874. The van der Waals surface area contributed by atoms with E-state index in [-0.39, 0.29) is 24.0 Å². The molecule has 2 heterocycles. The number of nitrogens with zero attached hydrogens (tertiary/aromatic N) is 4. The van der Waals surface area contributed by atoms with Crippen molar-refractivity contribution in [1.82, 2.24) is 25.3 Å². The SMILES string of the molecule is CN=C(NCCc1nc(-c2ccc(Cl)cc2)no1)NCc1ccn(C)c1.I. The third-order valence-electron chi connectivity index (χ3n) is 3.78. The van der Waals surface area contributed by atoms with Gasteiger partial charge in [-0.1, -0.05) is 16.8 Å². The van der Waals surface area contributed by atoms with Crippen LogP contribution in [0.25, 0.3) is 11.4 Å². The van der Waals surface area contributed by atoms with E-state index in [0.29, 0.717) is 36.2 Å². The molecule has 0 saturated carbocycles. The van der Waals surface area contributed by atoms with Gasteiger partial charge in [0, 0.05) is 56.6 Å². The van der Waals surface area contributed by atoms with Crippen LogP contribution in [0.1, 0.15) is 11.5 Å². The van der Waals surface area contributed by atoms with Gasteiger partial charge in [-0.3, -0.25) is 4.99 Å². The molecule has 9 heteroatoms. The summed E-state index contributed by atoms with van der Waals surface area (Å²) < 4.78 is 7.31. The molecule has 0 aliphatic rings. The van der Waals surface area contributed by atoms with Crippen LogP contribution in [0, 0.1) is 0 Å². The van der Waals surface area contributed by atoms with Gasteiger partial charge < -0.3 is 19.7 Å². The molecule has 2 N–H and O–H groups in total. The number of guanidine groups is 1. The van der Waals surface area contributed by atoms with Crippen molar-refractivity contribution < 1.29 is 4.52 Å². The van der Waals surface area contributed by atoms with Crippen molar-refractivity contribution in [3.63, 3.8) is 0 Å². The van der Waals surface area contributed by atoms with E-state index in [1.807, 2.05) is 29.9 Å². The Hall–Kier alpha value is -2.07. The van der Waals surface area contributed by atoms with Gasteiger partial charge in [-0.15, -0.1) is 24.0 Å². The first-order chi connectivity index (χ1) is 12.6. The van der Waals surface area contributed by atoms with E-state index < -0.39 is 0 Å². The smallest absolute Gasteiger partial charge is 0.228 e. The molecule has 0 amide bonds. The average molecular weight is 501 g/mol. The molecule has 0 unspecified atom stereocenters. The second-order valence-corrected chi connectivity index (χ2v) is 6.24. The fraction of sp³-hybridized carbons (Fsp3) is 0.278. The summed E-state index contributed by atoms with van der Waals surface area (Å²) >= 11 is 5.89. The molecule has 0 radical (unpaired) electrons. The standard InChI is InChI=1S/C18H21ClN6O.HI/c1-20-18(22-11-13-8-10-25(2)12-13)21-9-7-16-23-17(24-26-16)14-3-5-15(19)6-4-14;/h3-6,8,10,12H,7,9,11H2,1-2H3,(H2,20,21,22);1H. The average Bonchev–Trinajstić information content (AvgIpc) is 3.28. The minimum atomic E-state index is 0. The van der Waals surface area contributed by atoms with Crippen LogP contribution < -0.4 is 10.6 Å². The number of nitrogens with one attached hydrogen (secondary N) is 2. The topological polar surface area (TPSA) is 80.3 Å². The molecule has 0 aliphatic heterocycles. The van der Waals surface area contributed by atoms with E-state index in [1.165, 1.54) is 5.56 Å². The largest absolute Gasteiger partial charge is 0.357 e. The quantitative estimate of drug-likeness (QED) is 0.309. The number of aryl methyl sites for hydroxylation is 1. The lowest BCUT2D eigenvalue weighted by Gasteiger charge is -2.10. The summed E-state index contributed by atoms with van der Waals surface area (Å²) in [6.45, 7) is 1.35. The molecule has 0 spiro atoms. The first-order valence-electron chi connectivity index (χ1n) is 8.28. The van der Waals surface area contributed by atoms with E-state index in [2.05, 4.69) is 38.0 Å². The predicted molar refractivity (Wildman–Crippen MR) is 117 cm³/mol. The number of aliphatic imine (C=N–C) groups is 1. The van der Waals surface area contributed by atoms with Crippen molar-refractivity contribution in [2.75, 3.05) is 13.6 Å². The Balaban J connectivity index is 0.00000261. The van der Waals surface area contributed by atoms with Gasteiger partial charge in [-0.2, -0.15) is 4.98 Å². The summed E-state index contributed by atoms with van der Waals surface area (Å²) in [5.41, 5.74) is 2.07. The van der Waals surface area contributed by atoms with E-state index in [0.717, 1.165) is 11.5 Å². The molecular formula is C18H22ClIN6O. The maximum absolute atomic E-state index is 5.89. The van der Waals surface area contributed by atoms with Gasteiger partial charge >= 0.3 is 0 Å². The monoisotopic (exact) mass is 500 g/mol. The van der Waals surface area contributed by atoms with Gasteiger partial charge in [0.25, 0.3) is 0 Å². The van der Waals surface area contributed by atoms with Crippen molar-refractivity contribution >= 4 is 41.5 Å². The third kappa shape index (κ3) is 6.24. The van der Waals surface area contributed by atoms with Gasteiger partial charge in [0.1, 0.15) is 0 Å². The minimum Gasteiger partial charge on any atom is -0.357 e. The Morgan fingerprint density at radius 2 is 2.00 bits per heavy atom. The van der Waals surface area contributed by atoms with Crippen molar-refractivity contribution in [2.24, 2.45) is 12.0 Å². The van der Waals surface area contributed by atoms with E-state index in [9.17, 15) is 0 Å². The fourth-order valence-electron chi connectivity index (χ4n) is 2.43. The lowest BCUT2D eigenvalue weighted by atomic mass is 10.2. The number of hydrogen-bond acceptors (Lipinski definition) is 4. The molecule has 7 nitrogen and oxygen atoms in total. The molecule has 27 heavy (non-hydrogen) atoms. The first-order valence-corrected chi connectivity index (χ1v) is 8.66. The Morgan fingerprint density at radius 3 is 2.67 bits per heavy atom. The molecule has 0 atom stereocenters. The highest BCUT2D eigenvalue weighted by Crippen LogP contribution is 2.18. The second kappa shape index (κ2) is 10.3. The van der Waals surface area contributed by atoms with Crippen LogP contribution >= 0.6 is 35.6 Å². The highest BCUT2D eigenvalue weighted by molar-refractivity contribution is 14.0. The molecule has 0 bridgehead atoms. The molecule has 0 fully saturated rings. The normalized spacial score (nSPS) is 11.1. The number of halogens is 2. The zero-order valence-electron chi connectivity index (χ0n) is 15.1. The predicted octanol–water partition coefficient (Wildman–Crippen LogP) is 3.25. The molecule has 0 saturated heterocycles. The van der Waals surface area contributed by atoms with Crippen LogP contribution in [0.15, 0.2) is 52.2 Å². The number of rotatable bonds is 6. The van der Waals surface area contributed by atoms with Gasteiger partial charge in [-0.25, -0.2) is 0 Å². The molecule has 0 aliphatic carbocycles. The zero-order chi connectivity index (χ0) is 18.4. The third-order valence-corrected chi connectivity index (χ3v) is 4.03. The van der Waals surface area contributed by atoms with Crippen LogP contribution in [0.5, 0.6) is 0 Å². The maximum Gasteiger partial charge on any atom is 0.228 e. The highest BCUT2D eigenvalue weighted by atomic mass is 127. The van der Waals surface area contributed by atoms with Crippen LogP contribution in [-0.4, -0.2) is 34.3 Å². The fourth-order valence-corrected chi connectivity index (χ4v) is 2.56. The van der Waals surface area contributed by atoms with Gasteiger partial charge in [0.15, 0.2) is 5.96 Å². The summed E-state index contributed by atoms with van der Waals surface area (Å²) in [6.07, 6.45) is 4.69. The first kappa shape index (κ1) is 21.2. The lowest BCUT2D eigenvalue weighted by molar-refractivity contribution is 0.378. The summed E-state index contributed by atoms with van der Waals surface area (Å²) in [5, 5.41) is 11.2. The van der Waals surface area contributed by atoms with Crippen LogP contribution in [-0.2, 0) is 20.0 Å². The second-order valence-electron chi connectivity index (χ2n) is 5.81. The number of aromatic nitrogens is 3. The van der Waals surface area contributed by atoms with Gasteiger partial charge in [-0.05, 0) is 35.9 Å². The Kier molecular flexibility index (Phi) is 8.11. The summed E-state index contributed by atoms with van der Waals surface area (Å²) in [6, 6.07) is 9.40. The summed E-state index contributed by atoms with van der Waals surface area (Å²) in [4.78, 5) is 8.62. The molecular weight excluding hydrogens is 479 g/mol. The Labute approximate surface area is 180 Å². The molecule has 1 aromatic carbocycles. The summed E-state index contributed by atoms with van der Waals surface area (Å²) in [5.74, 6) is 1.86. The number of benzene rings is 1. The van der Waals surface area contributed by atoms with Gasteiger partial charge in [0.2, 0.25) is 11.7 Å². The molecule has 2 aromatic heterocycles. The van der Waals surface area contributed by atoms with Crippen molar-refractivity contribution in [2.45, 2.75) is 13.0 Å². The minimum absolute atomic E-state index is 0. The number of hydrogen-bond donors (Lipinski definition) is 2. The van der Waals surface area contributed by atoms with Gasteiger partial charge in [0.05, 0.1) is 0 Å². The maximum atomic E-state index is 5.89. The van der Waals surface area contributed by atoms with Crippen LogP contribution in [0.4, 0.5) is 0 Å². The zero-order valence-corrected chi connectivity index (χ0v) is 18.2. The highest BCUT2D eigenvalue weighted by Gasteiger charge is 2.09. The van der Waals surface area contributed by atoms with Crippen molar-refractivity contribution in [1.29, 1.82) is 0 Å². The molecule has 3 aromatic rings. The van der Waals surface area contributed by atoms with Crippen molar-refractivity contribution in [3.05, 3.63) is 59.2 Å². The van der Waals surface area contributed by atoms with E-state index >= 15 is 0 Å². The summed E-state index contributed by atoms with van der Waals surface area (Å²) in [7, 11) is 3.74.